The van der Waals surface area contributed by atoms with Crippen molar-refractivity contribution in [2.45, 2.75) is 80.3 Å². The van der Waals surface area contributed by atoms with Gasteiger partial charge in [0.1, 0.15) is 35.2 Å². The minimum atomic E-state index is -3.98. The van der Waals surface area contributed by atoms with E-state index in [1.807, 2.05) is 54.6 Å². The molecule has 2 fully saturated rings. The Morgan fingerprint density at radius 1 is 0.898 bits per heavy atom. The Hall–Kier alpha value is -6.36. The molecule has 16 nitrogen and oxygen atoms in total. The van der Waals surface area contributed by atoms with Crippen molar-refractivity contribution in [2.24, 2.45) is 11.1 Å². The van der Waals surface area contributed by atoms with E-state index in [4.69, 9.17) is 9.57 Å². The number of benzene rings is 3. The number of oxime groups is 1. The van der Waals surface area contributed by atoms with Crippen LogP contribution in [-0.2, 0) is 29.2 Å². The molecular weight excluding hydrogens is 781 g/mol. The molecule has 1 saturated carbocycles. The van der Waals surface area contributed by atoms with Crippen LogP contribution in [0.4, 0.5) is 10.5 Å². The topological polar surface area (TPSA) is 216 Å². The average molecular weight is 823 g/mol. The number of carbonyl (C=O) groups excluding carboxylic acids is 4. The van der Waals surface area contributed by atoms with Crippen molar-refractivity contribution in [2.75, 3.05) is 6.54 Å². The number of non-ortho nitro benzene ring substituents is 1. The van der Waals surface area contributed by atoms with E-state index >= 15 is 0 Å². The van der Waals surface area contributed by atoms with E-state index < -0.39 is 73.7 Å². The molecule has 3 aliphatic carbocycles. The molecular formula is C42H42N6O10S. The zero-order valence-electron chi connectivity index (χ0n) is 31.8. The first-order valence-corrected chi connectivity index (χ1v) is 21.2. The Kier molecular flexibility index (Phi) is 10.8. The first-order chi connectivity index (χ1) is 28.4. The lowest BCUT2D eigenvalue weighted by Crippen LogP contribution is -2.67. The van der Waals surface area contributed by atoms with Gasteiger partial charge in [-0.3, -0.25) is 29.2 Å². The Morgan fingerprint density at radius 3 is 2.20 bits per heavy atom. The fraction of sp³-hybridized carbons (Fsp3) is 0.357. The summed E-state index contributed by atoms with van der Waals surface area (Å²) in [4.78, 5) is 74.3. The van der Waals surface area contributed by atoms with Crippen molar-refractivity contribution in [1.29, 1.82) is 0 Å². The van der Waals surface area contributed by atoms with Gasteiger partial charge in [0, 0.05) is 35.6 Å². The number of rotatable bonds is 8. The molecule has 5 aliphatic rings. The van der Waals surface area contributed by atoms with E-state index in [0.717, 1.165) is 22.3 Å². The van der Waals surface area contributed by atoms with E-state index in [2.05, 4.69) is 20.5 Å². The molecule has 3 aromatic rings. The lowest BCUT2D eigenvalue weighted by molar-refractivity contribution is -0.384. The summed E-state index contributed by atoms with van der Waals surface area (Å²) in [6.45, 7) is -0.110. The molecule has 3 N–H and O–H groups in total. The number of nitro benzene ring substituents is 1. The number of nitrogens with zero attached hydrogens (tertiary/aromatic N) is 3. The number of fused-ring (bicyclic) bond motifs is 5. The molecule has 59 heavy (non-hydrogen) atoms. The zero-order valence-corrected chi connectivity index (χ0v) is 32.6. The summed E-state index contributed by atoms with van der Waals surface area (Å²) in [6.07, 6.45) is 8.57. The van der Waals surface area contributed by atoms with E-state index in [0.29, 0.717) is 44.2 Å². The van der Waals surface area contributed by atoms with Gasteiger partial charge in [-0.25, -0.2) is 13.2 Å². The van der Waals surface area contributed by atoms with Crippen LogP contribution in [-0.4, -0.2) is 83.3 Å². The SMILES string of the molecule is O=C(N[C@H]1CCCCC/C=C\C2C=C[C@@]2(C(=O)NS(=O)(=O)C2CC2)NC(=O)[C@@H]2C[C@@H](ON=C3c4ccccc4-c4ccccc43)CN2C1=O)Oc1ccc([N+](=O)[O-])cc1. The molecule has 5 atom stereocenters. The van der Waals surface area contributed by atoms with Gasteiger partial charge in [0.2, 0.25) is 21.8 Å². The maximum absolute atomic E-state index is 14.6. The van der Waals surface area contributed by atoms with Crippen molar-refractivity contribution in [3.05, 3.63) is 118 Å². The second kappa shape index (κ2) is 16.1. The van der Waals surface area contributed by atoms with E-state index in [1.54, 1.807) is 12.2 Å². The van der Waals surface area contributed by atoms with Crippen LogP contribution < -0.4 is 20.1 Å². The minimum Gasteiger partial charge on any atom is -0.410 e. The van der Waals surface area contributed by atoms with Gasteiger partial charge in [0.25, 0.3) is 11.6 Å². The van der Waals surface area contributed by atoms with Gasteiger partial charge in [-0.1, -0.05) is 90.8 Å². The third kappa shape index (κ3) is 8.06. The highest BCUT2D eigenvalue weighted by molar-refractivity contribution is 7.91. The predicted octanol–water partition coefficient (Wildman–Crippen LogP) is 4.64. The highest BCUT2D eigenvalue weighted by Crippen LogP contribution is 2.38. The summed E-state index contributed by atoms with van der Waals surface area (Å²) in [5, 5.41) is 20.5. The number of hydrogen-bond acceptors (Lipinski definition) is 11. The van der Waals surface area contributed by atoms with Gasteiger partial charge in [-0.15, -0.1) is 0 Å². The van der Waals surface area contributed by atoms with Crippen molar-refractivity contribution >= 4 is 45.2 Å². The molecule has 17 heteroatoms. The normalized spacial score (nSPS) is 25.6. The van der Waals surface area contributed by atoms with Crippen LogP contribution in [0.5, 0.6) is 5.75 Å². The van der Waals surface area contributed by atoms with Crippen molar-refractivity contribution in [3.8, 4) is 16.9 Å². The van der Waals surface area contributed by atoms with Crippen LogP contribution in [0.3, 0.4) is 0 Å². The molecule has 8 rings (SSSR count). The second-order valence-electron chi connectivity index (χ2n) is 15.3. The third-order valence-electron chi connectivity index (χ3n) is 11.3. The number of nitro groups is 1. The monoisotopic (exact) mass is 822 g/mol. The van der Waals surface area contributed by atoms with Gasteiger partial charge >= 0.3 is 6.09 Å². The average Bonchev–Trinajstić information content (AvgIpc) is 3.93. The fourth-order valence-electron chi connectivity index (χ4n) is 7.98. The van der Waals surface area contributed by atoms with Crippen LogP contribution in [0.2, 0.25) is 0 Å². The molecule has 1 saturated heterocycles. The molecule has 2 aliphatic heterocycles. The van der Waals surface area contributed by atoms with Gasteiger partial charge < -0.3 is 25.1 Å². The minimum absolute atomic E-state index is 0.0147. The molecule has 0 radical (unpaired) electrons. The first-order valence-electron chi connectivity index (χ1n) is 19.6. The fourth-order valence-corrected chi connectivity index (χ4v) is 9.33. The molecule has 306 valence electrons. The lowest BCUT2D eigenvalue weighted by Gasteiger charge is -2.42. The number of amides is 4. The Balaban J connectivity index is 1.09. The van der Waals surface area contributed by atoms with E-state index in [9.17, 15) is 37.7 Å². The summed E-state index contributed by atoms with van der Waals surface area (Å²) in [5.74, 6) is -2.88. The Morgan fingerprint density at radius 2 is 1.58 bits per heavy atom. The van der Waals surface area contributed by atoms with Crippen LogP contribution >= 0.6 is 0 Å². The highest BCUT2D eigenvalue weighted by Gasteiger charge is 2.53. The third-order valence-corrected chi connectivity index (χ3v) is 13.2. The van der Waals surface area contributed by atoms with Crippen molar-refractivity contribution < 1.29 is 42.1 Å². The van der Waals surface area contributed by atoms with Crippen molar-refractivity contribution in [1.82, 2.24) is 20.3 Å². The highest BCUT2D eigenvalue weighted by atomic mass is 32.2. The molecule has 3 aromatic carbocycles. The number of sulfonamides is 1. The number of ether oxygens (including phenoxy) is 1. The van der Waals surface area contributed by atoms with Crippen LogP contribution in [0.15, 0.2) is 102 Å². The van der Waals surface area contributed by atoms with Crippen molar-refractivity contribution in [3.63, 3.8) is 0 Å². The van der Waals surface area contributed by atoms with Crippen LogP contribution in [0.1, 0.15) is 62.5 Å². The Labute approximate surface area is 339 Å². The summed E-state index contributed by atoms with van der Waals surface area (Å²) >= 11 is 0. The van der Waals surface area contributed by atoms with Gasteiger partial charge in [-0.05, 0) is 55.4 Å². The summed E-state index contributed by atoms with van der Waals surface area (Å²) in [7, 11) is -3.98. The second-order valence-corrected chi connectivity index (χ2v) is 17.3. The summed E-state index contributed by atoms with van der Waals surface area (Å²) in [5.41, 5.74) is 2.32. The number of allylic oxidation sites excluding steroid dienone is 1. The van der Waals surface area contributed by atoms with Crippen LogP contribution in [0.25, 0.3) is 11.1 Å². The largest absolute Gasteiger partial charge is 0.413 e. The van der Waals surface area contributed by atoms with Gasteiger partial charge in [0.15, 0.2) is 0 Å². The van der Waals surface area contributed by atoms with E-state index in [-0.39, 0.29) is 30.8 Å². The van der Waals surface area contributed by atoms with E-state index in [1.165, 1.54) is 35.2 Å². The molecule has 0 aromatic heterocycles. The maximum atomic E-state index is 14.6. The predicted molar refractivity (Wildman–Crippen MR) is 214 cm³/mol. The Bertz CT molecular complexity index is 2350. The van der Waals surface area contributed by atoms with Gasteiger partial charge in [0.05, 0.1) is 16.7 Å². The summed E-state index contributed by atoms with van der Waals surface area (Å²) < 4.78 is 33.5. The smallest absolute Gasteiger partial charge is 0.410 e. The molecule has 4 amide bonds. The standard InChI is InChI=1S/C42H42N6O10S/c49-38-36-24-29(58-45-37-33-13-8-6-11-31(33)32-12-7-9-14-34(32)37)25-47(36)39(50)35(43-41(52)57-28-18-16-27(17-19-28)48(53)54)15-5-3-1-2-4-10-26-22-23-42(26,44-38)40(51)46-59(55,56)30-20-21-30/h4,6-14,16-19,22-23,26,29-30,35-36H,1-3,5,15,20-21,24-25H2,(H,43,52)(H,44,49)(H,46,51)/b10-4-/t26?,29-,35+,36+,42-/m1/s1. The number of hydrogen-bond donors (Lipinski definition) is 3. The molecule has 2 heterocycles. The number of nitrogens with one attached hydrogen (secondary N) is 3. The van der Waals surface area contributed by atoms with Gasteiger partial charge in [-0.2, -0.15) is 0 Å². The van der Waals surface area contributed by atoms with Crippen LogP contribution in [0, 0.1) is 16.0 Å². The summed E-state index contributed by atoms with van der Waals surface area (Å²) in [6, 6.07) is 18.0. The lowest BCUT2D eigenvalue weighted by atomic mass is 9.73. The molecule has 1 unspecified atom stereocenters. The molecule has 0 spiro atoms. The number of carbonyl (C=O) groups is 4. The quantitative estimate of drug-likeness (QED) is 0.127. The maximum Gasteiger partial charge on any atom is 0.413 e. The molecule has 0 bridgehead atoms. The zero-order chi connectivity index (χ0) is 41.3. The first kappa shape index (κ1) is 39.5.